The molecule has 0 atom stereocenters. The molecule has 90 valence electrons. The van der Waals surface area contributed by atoms with Crippen LogP contribution < -0.4 is 10.1 Å². The molecule has 17 heavy (non-hydrogen) atoms. The van der Waals surface area contributed by atoms with Crippen molar-refractivity contribution in [3.63, 3.8) is 0 Å². The van der Waals surface area contributed by atoms with Crippen LogP contribution in [-0.2, 0) is 6.54 Å². The van der Waals surface area contributed by atoms with Gasteiger partial charge in [0, 0.05) is 17.5 Å². The lowest BCUT2D eigenvalue weighted by atomic mass is 10.4. The number of aromatic nitrogens is 2. The molecule has 2 aromatic rings. The van der Waals surface area contributed by atoms with E-state index in [4.69, 9.17) is 9.15 Å². The van der Waals surface area contributed by atoms with E-state index in [1.165, 1.54) is 24.2 Å². The van der Waals surface area contributed by atoms with E-state index < -0.39 is 0 Å². The van der Waals surface area contributed by atoms with E-state index in [0.717, 1.165) is 10.6 Å². The summed E-state index contributed by atoms with van der Waals surface area (Å²) in [4.78, 5) is 0.937. The molecule has 1 aliphatic rings. The van der Waals surface area contributed by atoms with E-state index in [2.05, 4.69) is 15.5 Å². The fourth-order valence-corrected chi connectivity index (χ4v) is 2.26. The number of nitrogens with zero attached hydrogens (tertiary/aromatic N) is 2. The Labute approximate surface area is 103 Å². The van der Waals surface area contributed by atoms with Crippen LogP contribution in [0.2, 0.25) is 0 Å². The van der Waals surface area contributed by atoms with Crippen LogP contribution in [0.3, 0.4) is 0 Å². The zero-order valence-electron chi connectivity index (χ0n) is 9.47. The third-order valence-corrected chi connectivity index (χ3v) is 3.50. The van der Waals surface area contributed by atoms with Crippen molar-refractivity contribution in [2.75, 3.05) is 7.11 Å². The Morgan fingerprint density at radius 3 is 3.12 bits per heavy atom. The summed E-state index contributed by atoms with van der Waals surface area (Å²) in [6, 6.07) is 2.54. The maximum absolute atomic E-state index is 5.58. The van der Waals surface area contributed by atoms with E-state index in [9.17, 15) is 0 Å². The maximum atomic E-state index is 5.58. The van der Waals surface area contributed by atoms with Crippen molar-refractivity contribution in [1.29, 1.82) is 0 Å². The third-order valence-electron chi connectivity index (χ3n) is 2.61. The molecular weight excluding hydrogens is 238 g/mol. The lowest BCUT2D eigenvalue weighted by Crippen LogP contribution is -2.15. The largest absolute Gasteiger partial charge is 0.496 e. The molecule has 0 saturated heterocycles. The summed E-state index contributed by atoms with van der Waals surface area (Å²) in [7, 11) is 1.64. The molecule has 2 heterocycles. The number of hydrogen-bond donors (Lipinski definition) is 1. The van der Waals surface area contributed by atoms with Gasteiger partial charge in [0.2, 0.25) is 5.89 Å². The molecule has 0 aromatic carbocycles. The van der Waals surface area contributed by atoms with Gasteiger partial charge in [0.15, 0.2) is 0 Å². The molecule has 0 radical (unpaired) electrons. The van der Waals surface area contributed by atoms with Gasteiger partial charge in [0.1, 0.15) is 5.75 Å². The molecule has 1 fully saturated rings. The first-order chi connectivity index (χ1) is 8.35. The highest BCUT2D eigenvalue weighted by molar-refractivity contribution is 7.13. The van der Waals surface area contributed by atoms with Gasteiger partial charge in [-0.2, -0.15) is 0 Å². The second-order valence-electron chi connectivity index (χ2n) is 4.01. The van der Waals surface area contributed by atoms with Crippen molar-refractivity contribution in [3.8, 4) is 16.5 Å². The van der Waals surface area contributed by atoms with E-state index in [1.54, 1.807) is 7.11 Å². The van der Waals surface area contributed by atoms with E-state index in [-0.39, 0.29) is 0 Å². The molecule has 0 spiro atoms. The number of hydrogen-bond acceptors (Lipinski definition) is 6. The number of thiophene rings is 1. The quantitative estimate of drug-likeness (QED) is 0.881. The SMILES string of the molecule is COc1csc(-c2nnc(CNC3CC3)o2)c1. The van der Waals surface area contributed by atoms with Crippen molar-refractivity contribution >= 4 is 11.3 Å². The Bertz CT molecular complexity index is 504. The first-order valence-corrected chi connectivity index (χ1v) is 6.42. The third kappa shape index (κ3) is 2.48. The van der Waals surface area contributed by atoms with Crippen molar-refractivity contribution in [3.05, 3.63) is 17.3 Å². The average molecular weight is 251 g/mol. The van der Waals surface area contributed by atoms with Crippen LogP contribution in [0, 0.1) is 0 Å². The van der Waals surface area contributed by atoms with Crippen LogP contribution in [0.25, 0.3) is 10.8 Å². The number of rotatable bonds is 5. The minimum Gasteiger partial charge on any atom is -0.496 e. The van der Waals surface area contributed by atoms with Crippen LogP contribution in [0.4, 0.5) is 0 Å². The lowest BCUT2D eigenvalue weighted by molar-refractivity contribution is 0.416. The van der Waals surface area contributed by atoms with Gasteiger partial charge >= 0.3 is 0 Å². The standard InChI is InChI=1S/C11H13N3O2S/c1-15-8-4-9(17-6-8)11-14-13-10(16-11)5-12-7-2-3-7/h4,6-7,12H,2-3,5H2,1H3. The molecule has 6 heteroatoms. The molecule has 1 saturated carbocycles. The molecule has 5 nitrogen and oxygen atoms in total. The summed E-state index contributed by atoms with van der Waals surface area (Å²) < 4.78 is 10.7. The summed E-state index contributed by atoms with van der Waals surface area (Å²) in [6.45, 7) is 0.653. The number of methoxy groups -OCH3 is 1. The summed E-state index contributed by atoms with van der Waals surface area (Å²) >= 11 is 1.54. The smallest absolute Gasteiger partial charge is 0.257 e. The topological polar surface area (TPSA) is 60.2 Å². The van der Waals surface area contributed by atoms with Crippen molar-refractivity contribution < 1.29 is 9.15 Å². The Morgan fingerprint density at radius 1 is 1.53 bits per heavy atom. The van der Waals surface area contributed by atoms with Crippen LogP contribution in [0.5, 0.6) is 5.75 Å². The Balaban J connectivity index is 1.69. The Hall–Kier alpha value is -1.40. The second kappa shape index (κ2) is 4.46. The zero-order valence-corrected chi connectivity index (χ0v) is 10.3. The minimum absolute atomic E-state index is 0.561. The fraction of sp³-hybridized carbons (Fsp3) is 0.455. The van der Waals surface area contributed by atoms with Gasteiger partial charge in [0.05, 0.1) is 18.5 Å². The molecule has 0 bridgehead atoms. The summed E-state index contributed by atoms with van der Waals surface area (Å²) in [5.74, 6) is 2.02. The van der Waals surface area contributed by atoms with Gasteiger partial charge in [-0.1, -0.05) is 0 Å². The molecule has 2 aromatic heterocycles. The van der Waals surface area contributed by atoms with Crippen molar-refractivity contribution in [1.82, 2.24) is 15.5 Å². The molecule has 0 amide bonds. The van der Waals surface area contributed by atoms with Gasteiger partial charge in [-0.05, 0) is 12.8 Å². The summed E-state index contributed by atoms with van der Waals surface area (Å²) in [5.41, 5.74) is 0. The highest BCUT2D eigenvalue weighted by atomic mass is 32.1. The van der Waals surface area contributed by atoms with Crippen LogP contribution in [-0.4, -0.2) is 23.3 Å². The zero-order chi connectivity index (χ0) is 11.7. The first-order valence-electron chi connectivity index (χ1n) is 5.54. The fourth-order valence-electron chi connectivity index (χ4n) is 1.48. The Kier molecular flexibility index (Phi) is 2.82. The highest BCUT2D eigenvalue weighted by Crippen LogP contribution is 2.30. The van der Waals surface area contributed by atoms with Gasteiger partial charge in [0.25, 0.3) is 5.89 Å². The number of ether oxygens (including phenoxy) is 1. The van der Waals surface area contributed by atoms with Gasteiger partial charge in [-0.25, -0.2) is 0 Å². The predicted molar refractivity (Wildman–Crippen MR) is 64.0 cm³/mol. The van der Waals surface area contributed by atoms with Crippen LogP contribution in [0.15, 0.2) is 15.9 Å². The second-order valence-corrected chi connectivity index (χ2v) is 4.92. The molecule has 3 rings (SSSR count). The molecular formula is C11H13N3O2S. The van der Waals surface area contributed by atoms with Gasteiger partial charge < -0.3 is 14.5 Å². The maximum Gasteiger partial charge on any atom is 0.257 e. The normalized spacial score (nSPS) is 15.1. The van der Waals surface area contributed by atoms with E-state index >= 15 is 0 Å². The summed E-state index contributed by atoms with van der Waals surface area (Å²) in [6.07, 6.45) is 2.51. The molecule has 0 unspecified atom stereocenters. The van der Waals surface area contributed by atoms with Crippen molar-refractivity contribution in [2.24, 2.45) is 0 Å². The molecule has 0 aliphatic heterocycles. The van der Waals surface area contributed by atoms with E-state index in [1.807, 2.05) is 11.4 Å². The molecule has 1 N–H and O–H groups in total. The monoisotopic (exact) mass is 251 g/mol. The summed E-state index contributed by atoms with van der Waals surface area (Å²) in [5, 5.41) is 13.3. The average Bonchev–Trinajstić information content (AvgIpc) is 2.89. The van der Waals surface area contributed by atoms with Crippen molar-refractivity contribution in [2.45, 2.75) is 25.4 Å². The minimum atomic E-state index is 0.561. The van der Waals surface area contributed by atoms with Crippen LogP contribution >= 0.6 is 11.3 Å². The Morgan fingerprint density at radius 2 is 2.41 bits per heavy atom. The first kappa shape index (κ1) is 10.7. The predicted octanol–water partition coefficient (Wildman–Crippen LogP) is 2.06. The molecule has 1 aliphatic carbocycles. The van der Waals surface area contributed by atoms with E-state index in [0.29, 0.717) is 24.4 Å². The van der Waals surface area contributed by atoms with Gasteiger partial charge in [-0.15, -0.1) is 21.5 Å². The lowest BCUT2D eigenvalue weighted by Gasteiger charge is -1.95. The van der Waals surface area contributed by atoms with Gasteiger partial charge in [-0.3, -0.25) is 0 Å². The highest BCUT2D eigenvalue weighted by Gasteiger charge is 2.21. The van der Waals surface area contributed by atoms with Crippen LogP contribution in [0.1, 0.15) is 18.7 Å². The number of nitrogens with one attached hydrogen (secondary N) is 1.